The average molecular weight is 288 g/mol. The Labute approximate surface area is 119 Å². The van der Waals surface area contributed by atoms with Gasteiger partial charge in [0, 0.05) is 23.8 Å². The summed E-state index contributed by atoms with van der Waals surface area (Å²) in [5.74, 6) is -0.313. The van der Waals surface area contributed by atoms with Crippen molar-refractivity contribution in [3.63, 3.8) is 0 Å². The summed E-state index contributed by atoms with van der Waals surface area (Å²) in [6.45, 7) is 0. The van der Waals surface area contributed by atoms with Gasteiger partial charge in [-0.2, -0.15) is 0 Å². The van der Waals surface area contributed by atoms with Crippen molar-refractivity contribution in [3.05, 3.63) is 66.1 Å². The van der Waals surface area contributed by atoms with Crippen LogP contribution in [0, 0.1) is 0 Å². The zero-order valence-corrected chi connectivity index (χ0v) is 11.0. The standard InChI is InChI=1S/C14H10ClN3O2/c15-13-12(4-7-20-13)14(19)17-10-2-1-3-11(8-10)18-6-5-16-9-18/h1-9H,(H,17,19). The topological polar surface area (TPSA) is 60.1 Å². The van der Waals surface area contributed by atoms with Crippen LogP contribution in [-0.2, 0) is 0 Å². The first-order valence-corrected chi connectivity index (χ1v) is 6.24. The fraction of sp³-hybridized carbons (Fsp3) is 0. The van der Waals surface area contributed by atoms with Gasteiger partial charge in [0.15, 0.2) is 0 Å². The van der Waals surface area contributed by atoms with Crippen LogP contribution in [0.4, 0.5) is 5.69 Å². The van der Waals surface area contributed by atoms with E-state index < -0.39 is 0 Å². The maximum atomic E-state index is 12.0. The maximum Gasteiger partial charge on any atom is 0.260 e. The van der Waals surface area contributed by atoms with Gasteiger partial charge in [0.05, 0.1) is 18.2 Å². The van der Waals surface area contributed by atoms with Gasteiger partial charge in [0.1, 0.15) is 0 Å². The molecule has 2 heterocycles. The van der Waals surface area contributed by atoms with Gasteiger partial charge in [0.25, 0.3) is 5.91 Å². The van der Waals surface area contributed by atoms with Crippen LogP contribution in [0.15, 0.2) is 59.7 Å². The number of rotatable bonds is 3. The number of hydrogen-bond donors (Lipinski definition) is 1. The summed E-state index contributed by atoms with van der Waals surface area (Å²) < 4.78 is 6.75. The van der Waals surface area contributed by atoms with E-state index >= 15 is 0 Å². The number of furan rings is 1. The molecule has 0 saturated carbocycles. The van der Waals surface area contributed by atoms with E-state index in [2.05, 4.69) is 10.3 Å². The molecule has 1 amide bonds. The molecule has 0 radical (unpaired) electrons. The lowest BCUT2D eigenvalue weighted by Crippen LogP contribution is -2.11. The highest BCUT2D eigenvalue weighted by Gasteiger charge is 2.13. The van der Waals surface area contributed by atoms with Crippen molar-refractivity contribution in [1.82, 2.24) is 9.55 Å². The average Bonchev–Trinajstić information content (AvgIpc) is 3.09. The first-order chi connectivity index (χ1) is 9.74. The van der Waals surface area contributed by atoms with E-state index in [4.69, 9.17) is 16.0 Å². The SMILES string of the molecule is O=C(Nc1cccc(-n2ccnc2)c1)c1ccoc1Cl. The lowest BCUT2D eigenvalue weighted by molar-refractivity contribution is 0.102. The molecule has 0 saturated heterocycles. The molecule has 0 unspecified atom stereocenters. The molecule has 0 spiro atoms. The van der Waals surface area contributed by atoms with Gasteiger partial charge in [-0.15, -0.1) is 0 Å². The van der Waals surface area contributed by atoms with Gasteiger partial charge >= 0.3 is 0 Å². The fourth-order valence-corrected chi connectivity index (χ4v) is 2.01. The van der Waals surface area contributed by atoms with Crippen LogP contribution in [0.3, 0.4) is 0 Å². The fourth-order valence-electron chi connectivity index (χ4n) is 1.81. The quantitative estimate of drug-likeness (QED) is 0.803. The number of benzene rings is 1. The molecule has 0 atom stereocenters. The summed E-state index contributed by atoms with van der Waals surface area (Å²) in [6, 6.07) is 8.93. The molecule has 3 aromatic rings. The lowest BCUT2D eigenvalue weighted by atomic mass is 10.2. The largest absolute Gasteiger partial charge is 0.452 e. The van der Waals surface area contributed by atoms with Crippen molar-refractivity contribution in [2.45, 2.75) is 0 Å². The highest BCUT2D eigenvalue weighted by Crippen LogP contribution is 2.20. The van der Waals surface area contributed by atoms with Crippen LogP contribution in [0.1, 0.15) is 10.4 Å². The molecule has 2 aromatic heterocycles. The monoisotopic (exact) mass is 287 g/mol. The number of nitrogens with one attached hydrogen (secondary N) is 1. The Balaban J connectivity index is 1.83. The van der Waals surface area contributed by atoms with Crippen LogP contribution in [0.2, 0.25) is 5.22 Å². The second kappa shape index (κ2) is 5.22. The smallest absolute Gasteiger partial charge is 0.260 e. The second-order valence-electron chi connectivity index (χ2n) is 4.08. The Morgan fingerprint density at radius 2 is 2.25 bits per heavy atom. The number of aromatic nitrogens is 2. The molecule has 3 rings (SSSR count). The molecule has 100 valence electrons. The third-order valence-corrected chi connectivity index (χ3v) is 3.06. The van der Waals surface area contributed by atoms with Gasteiger partial charge in [-0.1, -0.05) is 6.07 Å². The van der Waals surface area contributed by atoms with Gasteiger partial charge in [-0.3, -0.25) is 4.79 Å². The number of halogens is 1. The molecule has 0 aliphatic carbocycles. The number of anilines is 1. The molecule has 5 nitrogen and oxygen atoms in total. The van der Waals surface area contributed by atoms with E-state index in [0.29, 0.717) is 11.3 Å². The summed E-state index contributed by atoms with van der Waals surface area (Å²) in [5.41, 5.74) is 1.87. The van der Waals surface area contributed by atoms with Crippen molar-refractivity contribution in [2.75, 3.05) is 5.32 Å². The zero-order valence-electron chi connectivity index (χ0n) is 10.3. The third-order valence-electron chi connectivity index (χ3n) is 2.77. The number of imidazole rings is 1. The predicted molar refractivity (Wildman–Crippen MR) is 75.2 cm³/mol. The highest BCUT2D eigenvalue weighted by molar-refractivity contribution is 6.32. The van der Waals surface area contributed by atoms with Crippen LogP contribution in [0.25, 0.3) is 5.69 Å². The van der Waals surface area contributed by atoms with Crippen LogP contribution >= 0.6 is 11.6 Å². The summed E-state index contributed by atoms with van der Waals surface area (Å²) >= 11 is 5.77. The Morgan fingerprint density at radius 1 is 1.35 bits per heavy atom. The van der Waals surface area contributed by atoms with E-state index in [1.165, 1.54) is 12.3 Å². The van der Waals surface area contributed by atoms with Gasteiger partial charge in [0.2, 0.25) is 5.22 Å². The second-order valence-corrected chi connectivity index (χ2v) is 4.43. The van der Waals surface area contributed by atoms with E-state index in [0.717, 1.165) is 5.69 Å². The molecule has 0 fully saturated rings. The van der Waals surface area contributed by atoms with Crippen molar-refractivity contribution >= 4 is 23.2 Å². The Hall–Kier alpha value is -2.53. The Kier molecular flexibility index (Phi) is 3.26. The number of nitrogens with zero attached hydrogens (tertiary/aromatic N) is 2. The van der Waals surface area contributed by atoms with Crippen LogP contribution in [-0.4, -0.2) is 15.5 Å². The summed E-state index contributed by atoms with van der Waals surface area (Å²) in [4.78, 5) is 16.0. The Morgan fingerprint density at radius 3 is 2.95 bits per heavy atom. The van der Waals surface area contributed by atoms with Crippen molar-refractivity contribution < 1.29 is 9.21 Å². The maximum absolute atomic E-state index is 12.0. The number of carbonyl (C=O) groups is 1. The van der Waals surface area contributed by atoms with E-state index in [1.807, 2.05) is 29.0 Å². The molecular formula is C14H10ClN3O2. The van der Waals surface area contributed by atoms with E-state index in [9.17, 15) is 4.79 Å². The Bertz CT molecular complexity index is 734. The van der Waals surface area contributed by atoms with Crippen molar-refractivity contribution in [3.8, 4) is 5.69 Å². The summed E-state index contributed by atoms with van der Waals surface area (Å²) in [6.07, 6.45) is 6.58. The zero-order chi connectivity index (χ0) is 13.9. The summed E-state index contributed by atoms with van der Waals surface area (Å²) in [5, 5.41) is 2.85. The van der Waals surface area contributed by atoms with Crippen molar-refractivity contribution in [1.29, 1.82) is 0 Å². The first-order valence-electron chi connectivity index (χ1n) is 5.87. The van der Waals surface area contributed by atoms with Gasteiger partial charge in [-0.05, 0) is 35.9 Å². The third kappa shape index (κ3) is 2.44. The number of hydrogen-bond acceptors (Lipinski definition) is 3. The first kappa shape index (κ1) is 12.5. The number of amides is 1. The molecule has 0 bridgehead atoms. The molecule has 0 aliphatic heterocycles. The predicted octanol–water partition coefficient (Wildman–Crippen LogP) is 3.37. The highest BCUT2D eigenvalue weighted by atomic mass is 35.5. The number of carbonyl (C=O) groups excluding carboxylic acids is 1. The normalized spacial score (nSPS) is 10.4. The molecule has 6 heteroatoms. The van der Waals surface area contributed by atoms with Crippen LogP contribution < -0.4 is 5.32 Å². The minimum atomic E-state index is -0.313. The minimum absolute atomic E-state index is 0.0771. The lowest BCUT2D eigenvalue weighted by Gasteiger charge is -2.07. The molecular weight excluding hydrogens is 278 g/mol. The molecule has 0 aliphatic rings. The minimum Gasteiger partial charge on any atom is -0.452 e. The molecule has 20 heavy (non-hydrogen) atoms. The molecule has 1 N–H and O–H groups in total. The van der Waals surface area contributed by atoms with E-state index in [-0.39, 0.29) is 11.1 Å². The van der Waals surface area contributed by atoms with Crippen molar-refractivity contribution in [2.24, 2.45) is 0 Å². The van der Waals surface area contributed by atoms with E-state index in [1.54, 1.807) is 18.6 Å². The van der Waals surface area contributed by atoms with Gasteiger partial charge < -0.3 is 14.3 Å². The van der Waals surface area contributed by atoms with Gasteiger partial charge in [-0.25, -0.2) is 4.98 Å². The molecule has 1 aromatic carbocycles. The summed E-state index contributed by atoms with van der Waals surface area (Å²) in [7, 11) is 0. The van der Waals surface area contributed by atoms with Crippen LogP contribution in [0.5, 0.6) is 0 Å².